The number of hydrogen-bond donors (Lipinski definition) is 0. The van der Waals surface area contributed by atoms with Gasteiger partial charge in [0.2, 0.25) is 0 Å². The number of aromatic nitrogens is 2. The highest BCUT2D eigenvalue weighted by atomic mass is 35.7. The molecule has 0 saturated carbocycles. The molecule has 0 fully saturated rings. The standard InChI is InChI=1S/C8H7ClN2O2S/c1-6-5-11-4-2-3-7(8(11)10-6)14(9,12)13/h2-5H,1H3. The molecule has 0 aliphatic carbocycles. The van der Waals surface area contributed by atoms with Crippen LogP contribution >= 0.6 is 10.7 Å². The van der Waals surface area contributed by atoms with Crippen LogP contribution in [0, 0.1) is 6.92 Å². The van der Waals surface area contributed by atoms with Crippen molar-refractivity contribution in [2.75, 3.05) is 0 Å². The maximum absolute atomic E-state index is 11.2. The van der Waals surface area contributed by atoms with Crippen molar-refractivity contribution >= 4 is 25.4 Å². The van der Waals surface area contributed by atoms with Crippen molar-refractivity contribution in [3.8, 4) is 0 Å². The van der Waals surface area contributed by atoms with Gasteiger partial charge in [-0.05, 0) is 19.1 Å². The first kappa shape index (κ1) is 9.48. The third-order valence-electron chi connectivity index (χ3n) is 1.83. The summed E-state index contributed by atoms with van der Waals surface area (Å²) in [7, 11) is 1.54. The maximum atomic E-state index is 11.2. The van der Waals surface area contributed by atoms with Crippen LogP contribution in [0.5, 0.6) is 0 Å². The van der Waals surface area contributed by atoms with Crippen LogP contribution in [-0.4, -0.2) is 17.8 Å². The number of pyridine rings is 1. The van der Waals surface area contributed by atoms with Gasteiger partial charge in [0.25, 0.3) is 9.05 Å². The Bertz CT molecular complexity index is 588. The molecule has 0 N–H and O–H groups in total. The molecule has 74 valence electrons. The Labute approximate surface area is 85.6 Å². The van der Waals surface area contributed by atoms with Gasteiger partial charge in [-0.1, -0.05) is 0 Å². The molecule has 0 aromatic carbocycles. The minimum absolute atomic E-state index is 0.0368. The van der Waals surface area contributed by atoms with E-state index in [-0.39, 0.29) is 4.90 Å². The van der Waals surface area contributed by atoms with Crippen molar-refractivity contribution in [1.29, 1.82) is 0 Å². The van der Waals surface area contributed by atoms with Gasteiger partial charge < -0.3 is 4.40 Å². The molecular weight excluding hydrogens is 224 g/mol. The lowest BCUT2D eigenvalue weighted by molar-refractivity contribution is 0.610. The van der Waals surface area contributed by atoms with E-state index in [0.717, 1.165) is 5.69 Å². The Kier molecular flexibility index (Phi) is 2.01. The van der Waals surface area contributed by atoms with E-state index in [2.05, 4.69) is 4.98 Å². The molecule has 0 radical (unpaired) electrons. The van der Waals surface area contributed by atoms with E-state index in [1.807, 2.05) is 0 Å². The lowest BCUT2D eigenvalue weighted by Crippen LogP contribution is -1.95. The first-order valence-electron chi connectivity index (χ1n) is 3.87. The summed E-state index contributed by atoms with van der Waals surface area (Å²) >= 11 is 0. The molecule has 0 spiro atoms. The fourth-order valence-corrected chi connectivity index (χ4v) is 2.27. The van der Waals surface area contributed by atoms with Crippen molar-refractivity contribution in [3.05, 3.63) is 30.2 Å². The quantitative estimate of drug-likeness (QED) is 0.699. The second-order valence-electron chi connectivity index (χ2n) is 2.92. The highest BCUT2D eigenvalue weighted by Crippen LogP contribution is 2.19. The van der Waals surface area contributed by atoms with Crippen molar-refractivity contribution in [1.82, 2.24) is 9.38 Å². The highest BCUT2D eigenvalue weighted by Gasteiger charge is 2.15. The molecule has 0 atom stereocenters. The lowest BCUT2D eigenvalue weighted by atomic mass is 10.5. The molecule has 2 heterocycles. The van der Waals surface area contributed by atoms with E-state index in [1.165, 1.54) is 6.07 Å². The fourth-order valence-electron chi connectivity index (χ4n) is 1.30. The van der Waals surface area contributed by atoms with Crippen LogP contribution in [-0.2, 0) is 9.05 Å². The number of fused-ring (bicyclic) bond motifs is 1. The first-order valence-corrected chi connectivity index (χ1v) is 6.18. The number of nitrogens with zero attached hydrogens (tertiary/aromatic N) is 2. The minimum atomic E-state index is -3.73. The number of imidazole rings is 1. The van der Waals surface area contributed by atoms with Gasteiger partial charge in [0.05, 0.1) is 5.69 Å². The summed E-state index contributed by atoms with van der Waals surface area (Å²) in [5.74, 6) is 0. The van der Waals surface area contributed by atoms with Gasteiger partial charge >= 0.3 is 0 Å². The van der Waals surface area contributed by atoms with E-state index < -0.39 is 9.05 Å². The summed E-state index contributed by atoms with van der Waals surface area (Å²) in [5, 5.41) is 0. The number of halogens is 1. The number of hydrogen-bond acceptors (Lipinski definition) is 3. The number of aryl methyl sites for hydroxylation is 1. The normalized spacial score (nSPS) is 12.1. The molecule has 0 unspecified atom stereocenters. The summed E-state index contributed by atoms with van der Waals surface area (Å²) < 4.78 is 24.0. The average Bonchev–Trinajstić information content (AvgIpc) is 2.41. The van der Waals surface area contributed by atoms with Gasteiger partial charge in [0.1, 0.15) is 4.90 Å². The van der Waals surface area contributed by atoms with Crippen molar-refractivity contribution < 1.29 is 8.42 Å². The van der Waals surface area contributed by atoms with Crippen LogP contribution < -0.4 is 0 Å². The van der Waals surface area contributed by atoms with Gasteiger partial charge in [-0.25, -0.2) is 13.4 Å². The molecule has 0 aliphatic rings. The van der Waals surface area contributed by atoms with E-state index >= 15 is 0 Å². The van der Waals surface area contributed by atoms with Crippen molar-refractivity contribution in [3.63, 3.8) is 0 Å². The van der Waals surface area contributed by atoms with Gasteiger partial charge in [0, 0.05) is 23.1 Å². The smallest absolute Gasteiger partial charge is 0.265 e. The maximum Gasteiger partial charge on any atom is 0.265 e. The molecule has 0 aliphatic heterocycles. The SMILES string of the molecule is Cc1cn2cccc(S(=O)(=O)Cl)c2n1. The Balaban J connectivity index is 2.90. The van der Waals surface area contributed by atoms with Crippen LogP contribution in [0.1, 0.15) is 5.69 Å². The largest absolute Gasteiger partial charge is 0.306 e. The molecule has 2 aromatic heterocycles. The monoisotopic (exact) mass is 230 g/mol. The van der Waals surface area contributed by atoms with E-state index in [9.17, 15) is 8.42 Å². The van der Waals surface area contributed by atoms with Gasteiger partial charge in [-0.2, -0.15) is 0 Å². The van der Waals surface area contributed by atoms with E-state index in [0.29, 0.717) is 5.65 Å². The molecular formula is C8H7ClN2O2S. The summed E-state index contributed by atoms with van der Waals surface area (Å²) in [5.41, 5.74) is 1.11. The van der Waals surface area contributed by atoms with Crippen molar-refractivity contribution in [2.24, 2.45) is 0 Å². The van der Waals surface area contributed by atoms with E-state index in [4.69, 9.17) is 10.7 Å². The molecule has 14 heavy (non-hydrogen) atoms. The molecule has 0 bridgehead atoms. The Morgan fingerprint density at radius 2 is 2.21 bits per heavy atom. The van der Waals surface area contributed by atoms with Gasteiger partial charge in [0.15, 0.2) is 5.65 Å². The first-order chi connectivity index (χ1) is 6.48. The Morgan fingerprint density at radius 1 is 1.50 bits per heavy atom. The van der Waals surface area contributed by atoms with Crippen LogP contribution in [0.25, 0.3) is 5.65 Å². The predicted octanol–water partition coefficient (Wildman–Crippen LogP) is 1.57. The van der Waals surface area contributed by atoms with Crippen LogP contribution in [0.3, 0.4) is 0 Å². The summed E-state index contributed by atoms with van der Waals surface area (Å²) in [6.45, 7) is 1.79. The molecule has 0 saturated heterocycles. The van der Waals surface area contributed by atoms with Crippen LogP contribution in [0.15, 0.2) is 29.4 Å². The molecule has 0 amide bonds. The zero-order valence-corrected chi connectivity index (χ0v) is 8.88. The summed E-state index contributed by atoms with van der Waals surface area (Å²) in [4.78, 5) is 4.12. The predicted molar refractivity (Wildman–Crippen MR) is 53.0 cm³/mol. The summed E-state index contributed by atoms with van der Waals surface area (Å²) in [6.07, 6.45) is 3.46. The highest BCUT2D eigenvalue weighted by molar-refractivity contribution is 8.13. The minimum Gasteiger partial charge on any atom is -0.306 e. The topological polar surface area (TPSA) is 51.4 Å². The average molecular weight is 231 g/mol. The van der Waals surface area contributed by atoms with E-state index in [1.54, 1.807) is 29.8 Å². The molecule has 2 rings (SSSR count). The molecule has 6 heteroatoms. The van der Waals surface area contributed by atoms with Crippen molar-refractivity contribution in [2.45, 2.75) is 11.8 Å². The molecule has 2 aromatic rings. The van der Waals surface area contributed by atoms with Gasteiger partial charge in [-0.3, -0.25) is 0 Å². The zero-order chi connectivity index (χ0) is 10.3. The van der Waals surface area contributed by atoms with Crippen LogP contribution in [0.4, 0.5) is 0 Å². The fraction of sp³-hybridized carbons (Fsp3) is 0.125. The molecule has 4 nitrogen and oxygen atoms in total. The van der Waals surface area contributed by atoms with Crippen LogP contribution in [0.2, 0.25) is 0 Å². The van der Waals surface area contributed by atoms with Gasteiger partial charge in [-0.15, -0.1) is 0 Å². The summed E-state index contributed by atoms with van der Waals surface area (Å²) in [6, 6.07) is 3.05. The third-order valence-corrected chi connectivity index (χ3v) is 3.17. The Morgan fingerprint density at radius 3 is 2.86 bits per heavy atom. The second-order valence-corrected chi connectivity index (χ2v) is 5.46. The lowest BCUT2D eigenvalue weighted by Gasteiger charge is -1.97. The second kappa shape index (κ2) is 2.96. The number of rotatable bonds is 1. The third kappa shape index (κ3) is 1.49. The Hall–Kier alpha value is -1.07. The zero-order valence-electron chi connectivity index (χ0n) is 7.31.